The summed E-state index contributed by atoms with van der Waals surface area (Å²) in [7, 11) is -0.359. The van der Waals surface area contributed by atoms with E-state index in [0.29, 0.717) is 5.15 Å². The van der Waals surface area contributed by atoms with Crippen LogP contribution >= 0.6 is 11.6 Å². The first-order valence-electron chi connectivity index (χ1n) is 7.28. The first-order valence-corrected chi connectivity index (χ1v) is 7.66. The van der Waals surface area contributed by atoms with Gasteiger partial charge in [0, 0.05) is 11.7 Å². The Hall–Kier alpha value is -0.575. The molecule has 2 aliphatic rings. The van der Waals surface area contributed by atoms with E-state index >= 15 is 0 Å². The summed E-state index contributed by atoms with van der Waals surface area (Å²) in [4.78, 5) is 4.31. The second-order valence-corrected chi connectivity index (χ2v) is 7.31. The van der Waals surface area contributed by atoms with Crippen molar-refractivity contribution in [3.05, 3.63) is 23.0 Å². The molecular formula is C15H21BClNO2. The van der Waals surface area contributed by atoms with Gasteiger partial charge in [-0.15, -0.1) is 0 Å². The highest BCUT2D eigenvalue weighted by molar-refractivity contribution is 6.62. The van der Waals surface area contributed by atoms with Crippen LogP contribution in [0.3, 0.4) is 0 Å². The Morgan fingerprint density at radius 2 is 1.85 bits per heavy atom. The van der Waals surface area contributed by atoms with Crippen LogP contribution in [-0.4, -0.2) is 23.3 Å². The lowest BCUT2D eigenvalue weighted by Crippen LogP contribution is -2.41. The highest BCUT2D eigenvalue weighted by Crippen LogP contribution is 2.37. The van der Waals surface area contributed by atoms with Gasteiger partial charge in [-0.05, 0) is 58.4 Å². The third kappa shape index (κ3) is 2.61. The van der Waals surface area contributed by atoms with Gasteiger partial charge in [0.25, 0.3) is 0 Å². The van der Waals surface area contributed by atoms with E-state index in [-0.39, 0.29) is 18.3 Å². The standard InChI is InChI=1S/C15H21BClNO2/c1-14(2)15(3,4)20-16(19-14)12-8-11(7-10-5-6-10)13(17)18-9-12/h8-10H,5-7H2,1-4H3. The van der Waals surface area contributed by atoms with E-state index in [2.05, 4.69) is 38.7 Å². The predicted octanol–water partition coefficient (Wildman–Crippen LogP) is 2.99. The molecule has 108 valence electrons. The van der Waals surface area contributed by atoms with Crippen molar-refractivity contribution in [1.82, 2.24) is 4.98 Å². The molecule has 1 aliphatic heterocycles. The molecule has 3 rings (SSSR count). The Bertz CT molecular complexity index is 513. The van der Waals surface area contributed by atoms with Crippen LogP contribution in [0.1, 0.15) is 46.1 Å². The molecule has 3 nitrogen and oxygen atoms in total. The molecule has 0 spiro atoms. The lowest BCUT2D eigenvalue weighted by atomic mass is 9.79. The second kappa shape index (κ2) is 4.72. The minimum Gasteiger partial charge on any atom is -0.399 e. The highest BCUT2D eigenvalue weighted by Gasteiger charge is 2.51. The predicted molar refractivity (Wildman–Crippen MR) is 81.4 cm³/mol. The van der Waals surface area contributed by atoms with Crippen LogP contribution in [0.4, 0.5) is 0 Å². The number of rotatable bonds is 3. The van der Waals surface area contributed by atoms with Gasteiger partial charge < -0.3 is 9.31 Å². The van der Waals surface area contributed by atoms with Gasteiger partial charge in [-0.2, -0.15) is 0 Å². The minimum atomic E-state index is -0.359. The molecule has 0 bridgehead atoms. The van der Waals surface area contributed by atoms with Gasteiger partial charge in [0.2, 0.25) is 0 Å². The second-order valence-electron chi connectivity index (χ2n) is 6.95. The van der Waals surface area contributed by atoms with Gasteiger partial charge in [0.1, 0.15) is 5.15 Å². The minimum absolute atomic E-state index is 0.325. The normalized spacial score (nSPS) is 24.1. The third-order valence-corrected chi connectivity index (χ3v) is 5.00. The molecule has 0 N–H and O–H groups in total. The Balaban J connectivity index is 1.84. The van der Waals surface area contributed by atoms with E-state index < -0.39 is 0 Å². The Morgan fingerprint density at radius 1 is 1.25 bits per heavy atom. The number of hydrogen-bond donors (Lipinski definition) is 0. The average Bonchev–Trinajstić information content (AvgIpc) is 3.10. The van der Waals surface area contributed by atoms with Gasteiger partial charge in [0.05, 0.1) is 11.2 Å². The third-order valence-electron chi connectivity index (χ3n) is 4.66. The number of hydrogen-bond acceptors (Lipinski definition) is 3. The fraction of sp³-hybridized carbons (Fsp3) is 0.667. The monoisotopic (exact) mass is 293 g/mol. The van der Waals surface area contributed by atoms with E-state index in [9.17, 15) is 0 Å². The van der Waals surface area contributed by atoms with Crippen molar-refractivity contribution in [2.45, 2.75) is 58.2 Å². The van der Waals surface area contributed by atoms with Crippen LogP contribution in [0.15, 0.2) is 12.3 Å². The van der Waals surface area contributed by atoms with E-state index in [1.807, 2.05) is 0 Å². The van der Waals surface area contributed by atoms with Crippen molar-refractivity contribution < 1.29 is 9.31 Å². The van der Waals surface area contributed by atoms with Gasteiger partial charge in [-0.3, -0.25) is 0 Å². The van der Waals surface area contributed by atoms with Crippen molar-refractivity contribution in [3.63, 3.8) is 0 Å². The summed E-state index contributed by atoms with van der Waals surface area (Å²) in [6, 6.07) is 2.09. The van der Waals surface area contributed by atoms with Gasteiger partial charge in [-0.1, -0.05) is 17.7 Å². The molecule has 1 aliphatic carbocycles. The number of nitrogens with zero attached hydrogens (tertiary/aromatic N) is 1. The molecular weight excluding hydrogens is 272 g/mol. The summed E-state index contributed by atoms with van der Waals surface area (Å²) < 4.78 is 12.1. The van der Waals surface area contributed by atoms with E-state index in [4.69, 9.17) is 20.9 Å². The van der Waals surface area contributed by atoms with Crippen LogP contribution in [0.25, 0.3) is 0 Å². The van der Waals surface area contributed by atoms with Crippen LogP contribution in [-0.2, 0) is 15.7 Å². The Morgan fingerprint density at radius 3 is 2.40 bits per heavy atom. The molecule has 0 radical (unpaired) electrons. The maximum absolute atomic E-state index is 6.19. The van der Waals surface area contributed by atoms with Crippen molar-refractivity contribution >= 4 is 24.2 Å². The molecule has 1 aromatic rings. The summed E-state index contributed by atoms with van der Waals surface area (Å²) in [5.41, 5.74) is 1.42. The van der Waals surface area contributed by atoms with E-state index in [1.165, 1.54) is 12.8 Å². The fourth-order valence-corrected chi connectivity index (χ4v) is 2.58. The molecule has 20 heavy (non-hydrogen) atoms. The molecule has 2 heterocycles. The summed E-state index contributed by atoms with van der Waals surface area (Å²) in [6.45, 7) is 8.23. The highest BCUT2D eigenvalue weighted by atomic mass is 35.5. The van der Waals surface area contributed by atoms with Gasteiger partial charge in [-0.25, -0.2) is 4.98 Å². The van der Waals surface area contributed by atoms with Crippen molar-refractivity contribution in [1.29, 1.82) is 0 Å². The number of pyridine rings is 1. The van der Waals surface area contributed by atoms with Crippen LogP contribution < -0.4 is 5.46 Å². The number of aromatic nitrogens is 1. The lowest BCUT2D eigenvalue weighted by Gasteiger charge is -2.32. The number of halogens is 1. The first-order chi connectivity index (χ1) is 9.28. The lowest BCUT2D eigenvalue weighted by molar-refractivity contribution is 0.00578. The molecule has 1 saturated heterocycles. The van der Waals surface area contributed by atoms with Crippen molar-refractivity contribution in [3.8, 4) is 0 Å². The Kier molecular flexibility index (Phi) is 3.39. The molecule has 2 fully saturated rings. The summed E-state index contributed by atoms with van der Waals surface area (Å²) in [5, 5.41) is 0.608. The zero-order valence-electron chi connectivity index (χ0n) is 12.6. The zero-order chi connectivity index (χ0) is 14.5. The summed E-state index contributed by atoms with van der Waals surface area (Å²) >= 11 is 6.19. The Labute approximate surface area is 126 Å². The summed E-state index contributed by atoms with van der Waals surface area (Å²) in [5.74, 6) is 0.780. The molecule has 0 atom stereocenters. The molecule has 5 heteroatoms. The van der Waals surface area contributed by atoms with Crippen molar-refractivity contribution in [2.24, 2.45) is 5.92 Å². The maximum atomic E-state index is 6.19. The zero-order valence-corrected chi connectivity index (χ0v) is 13.3. The van der Waals surface area contributed by atoms with Gasteiger partial charge >= 0.3 is 7.12 Å². The molecule has 1 saturated carbocycles. The fourth-order valence-electron chi connectivity index (χ4n) is 2.40. The smallest absolute Gasteiger partial charge is 0.399 e. The van der Waals surface area contributed by atoms with Crippen LogP contribution in [0.5, 0.6) is 0 Å². The molecule has 0 amide bonds. The maximum Gasteiger partial charge on any atom is 0.496 e. The van der Waals surface area contributed by atoms with E-state index in [1.54, 1.807) is 6.20 Å². The van der Waals surface area contributed by atoms with Crippen LogP contribution in [0.2, 0.25) is 5.15 Å². The molecule has 0 unspecified atom stereocenters. The SMILES string of the molecule is CC1(C)OB(c2cnc(Cl)c(CC3CC3)c2)OC1(C)C. The van der Waals surface area contributed by atoms with E-state index in [0.717, 1.165) is 23.4 Å². The largest absolute Gasteiger partial charge is 0.496 e. The quantitative estimate of drug-likeness (QED) is 0.634. The summed E-state index contributed by atoms with van der Waals surface area (Å²) in [6.07, 6.45) is 5.38. The van der Waals surface area contributed by atoms with Crippen molar-refractivity contribution in [2.75, 3.05) is 0 Å². The van der Waals surface area contributed by atoms with Gasteiger partial charge in [0.15, 0.2) is 0 Å². The average molecular weight is 294 g/mol. The van der Waals surface area contributed by atoms with Crippen LogP contribution in [0, 0.1) is 5.92 Å². The molecule has 0 aromatic carbocycles. The topological polar surface area (TPSA) is 31.4 Å². The molecule has 1 aromatic heterocycles. The first kappa shape index (κ1) is 14.4.